The third-order valence-electron chi connectivity index (χ3n) is 7.66. The van der Waals surface area contributed by atoms with Gasteiger partial charge in [0.15, 0.2) is 4.21 Å². The van der Waals surface area contributed by atoms with Crippen molar-refractivity contribution >= 4 is 31.4 Å². The van der Waals surface area contributed by atoms with Gasteiger partial charge in [-0.25, -0.2) is 26.5 Å². The Morgan fingerprint density at radius 1 is 1.14 bits per heavy atom. The first-order chi connectivity index (χ1) is 20.0. The maximum absolute atomic E-state index is 13.5. The first-order valence-electron chi connectivity index (χ1n) is 13.8. The lowest BCUT2D eigenvalue weighted by Crippen LogP contribution is -2.47. The zero-order valence-corrected chi connectivity index (χ0v) is 26.0. The van der Waals surface area contributed by atoms with Crippen LogP contribution in [-0.4, -0.2) is 88.9 Å². The van der Waals surface area contributed by atoms with Gasteiger partial charge in [-0.1, -0.05) is 36.4 Å². The van der Waals surface area contributed by atoms with E-state index >= 15 is 0 Å². The highest BCUT2D eigenvalue weighted by atomic mass is 32.2. The normalized spacial score (nSPS) is 20.1. The lowest BCUT2D eigenvalue weighted by Gasteiger charge is -2.37. The molecule has 2 aliphatic heterocycles. The van der Waals surface area contributed by atoms with Gasteiger partial charge in [-0.3, -0.25) is 0 Å². The summed E-state index contributed by atoms with van der Waals surface area (Å²) < 4.78 is 66.9. The maximum atomic E-state index is 13.5. The maximum Gasteiger partial charge on any atom is 0.254 e. The van der Waals surface area contributed by atoms with E-state index in [1.807, 2.05) is 30.3 Å². The molecule has 2 atom stereocenters. The first kappa shape index (κ1) is 31.0. The van der Waals surface area contributed by atoms with E-state index in [9.17, 15) is 21.9 Å². The van der Waals surface area contributed by atoms with Crippen LogP contribution in [0.25, 0.3) is 10.6 Å². The number of sulfonamides is 2. The molecule has 3 aromatic rings. The fraction of sp³-hybridized carbons (Fsp3) is 0.464. The summed E-state index contributed by atoms with van der Waals surface area (Å²) in [7, 11) is -5.92. The second-order valence-corrected chi connectivity index (χ2v) is 15.6. The molecule has 3 heterocycles. The smallest absolute Gasteiger partial charge is 0.254 e. The largest absolute Gasteiger partial charge is 0.491 e. The summed E-state index contributed by atoms with van der Waals surface area (Å²) in [5.74, 6) is 0.347. The van der Waals surface area contributed by atoms with Crippen LogP contribution in [0.1, 0.15) is 25.0 Å². The quantitative estimate of drug-likeness (QED) is 0.289. The Balaban J connectivity index is 1.10. The molecular formula is C28H36N4O7S3. The number of nitrogens with zero attached hydrogens (tertiary/aromatic N) is 2. The van der Waals surface area contributed by atoms with Crippen molar-refractivity contribution in [2.24, 2.45) is 0 Å². The number of ether oxygens (including phenoxy) is 2. The number of aromatic nitrogens is 1. The summed E-state index contributed by atoms with van der Waals surface area (Å²) in [6.07, 6.45) is 1.08. The van der Waals surface area contributed by atoms with E-state index in [1.54, 1.807) is 19.1 Å². The molecule has 0 radical (unpaired) electrons. The molecule has 0 amide bonds. The summed E-state index contributed by atoms with van der Waals surface area (Å²) in [4.78, 5) is 4.61. The topological polar surface area (TPSA) is 147 Å². The third kappa shape index (κ3) is 6.86. The molecule has 3 N–H and O–H groups in total. The lowest BCUT2D eigenvalue weighted by molar-refractivity contribution is -0.0311. The molecule has 2 saturated heterocycles. The number of hydrogen-bond donors (Lipinski definition) is 3. The number of rotatable bonds is 11. The van der Waals surface area contributed by atoms with Gasteiger partial charge in [0.1, 0.15) is 23.5 Å². The van der Waals surface area contributed by atoms with Gasteiger partial charge in [0.2, 0.25) is 10.0 Å². The second kappa shape index (κ2) is 12.7. The Hall–Kier alpha value is -2.43. The fourth-order valence-electron chi connectivity index (χ4n) is 5.30. The highest BCUT2D eigenvalue weighted by Crippen LogP contribution is 2.39. The van der Waals surface area contributed by atoms with Crippen LogP contribution < -0.4 is 14.8 Å². The molecule has 2 aliphatic rings. The van der Waals surface area contributed by atoms with E-state index in [-0.39, 0.29) is 28.3 Å². The van der Waals surface area contributed by atoms with Gasteiger partial charge in [-0.15, -0.1) is 11.3 Å². The van der Waals surface area contributed by atoms with Crippen LogP contribution in [0.2, 0.25) is 0 Å². The van der Waals surface area contributed by atoms with Crippen LogP contribution in [0.15, 0.2) is 63.7 Å². The van der Waals surface area contributed by atoms with E-state index in [2.05, 4.69) is 15.0 Å². The zero-order chi connectivity index (χ0) is 30.0. The average Bonchev–Trinajstić information content (AvgIpc) is 3.59. The number of thiazole rings is 1. The second-order valence-electron chi connectivity index (χ2n) is 10.6. The van der Waals surface area contributed by atoms with Gasteiger partial charge >= 0.3 is 0 Å². The number of benzene rings is 2. The van der Waals surface area contributed by atoms with Gasteiger partial charge in [0.25, 0.3) is 10.0 Å². The summed E-state index contributed by atoms with van der Waals surface area (Å²) >= 11 is 1.21. The Morgan fingerprint density at radius 2 is 1.88 bits per heavy atom. The minimum atomic E-state index is -3.67. The average molecular weight is 637 g/mol. The summed E-state index contributed by atoms with van der Waals surface area (Å²) in [6, 6.07) is 15.7. The molecule has 0 saturated carbocycles. The van der Waals surface area contributed by atoms with E-state index in [0.29, 0.717) is 49.0 Å². The van der Waals surface area contributed by atoms with Crippen molar-refractivity contribution in [1.29, 1.82) is 0 Å². The summed E-state index contributed by atoms with van der Waals surface area (Å²) in [6.45, 7) is 3.21. The van der Waals surface area contributed by atoms with Crippen molar-refractivity contribution in [3.8, 4) is 16.3 Å². The van der Waals surface area contributed by atoms with E-state index in [4.69, 9.17) is 9.47 Å². The monoisotopic (exact) mass is 636 g/mol. The van der Waals surface area contributed by atoms with Gasteiger partial charge in [0, 0.05) is 37.3 Å². The number of nitrogens with one attached hydrogen (secondary N) is 2. The molecule has 1 spiro atoms. The van der Waals surface area contributed by atoms with Crippen LogP contribution in [0.3, 0.4) is 0 Å². The SMILES string of the molecule is CNS(=O)(=O)c1cccc(OC[C@@H](O)CNC2COC3(CCN(S(=O)(=O)c4sc(-c5ccccc5)nc4C)CC3)C2)c1. The zero-order valence-electron chi connectivity index (χ0n) is 23.5. The highest BCUT2D eigenvalue weighted by Gasteiger charge is 2.45. The molecular weight excluding hydrogens is 601 g/mol. The summed E-state index contributed by atoms with van der Waals surface area (Å²) in [5, 5.41) is 14.5. The van der Waals surface area contributed by atoms with E-state index in [0.717, 1.165) is 12.0 Å². The highest BCUT2D eigenvalue weighted by molar-refractivity contribution is 7.91. The van der Waals surface area contributed by atoms with E-state index in [1.165, 1.54) is 34.8 Å². The number of aryl methyl sites for hydroxylation is 1. The Labute approximate surface area is 251 Å². The molecule has 1 aromatic heterocycles. The van der Waals surface area contributed by atoms with Crippen molar-refractivity contribution in [3.63, 3.8) is 0 Å². The minimum Gasteiger partial charge on any atom is -0.491 e. The van der Waals surface area contributed by atoms with Crippen LogP contribution >= 0.6 is 11.3 Å². The first-order valence-corrected chi connectivity index (χ1v) is 17.5. The molecule has 2 aromatic carbocycles. The molecule has 2 fully saturated rings. The standard InChI is InChI=1S/C28H36N4O7S3/c1-20-27(40-26(31-20)21-7-4-3-5-8-21)42(36,37)32-13-11-28(12-14-32)16-22(18-39-28)30-17-23(33)19-38-24-9-6-10-25(15-24)41(34,35)29-2/h3-10,15,22-23,29-30,33H,11-14,16-19H2,1-2H3/t22?,23-/m0/s1. The van der Waals surface area contributed by atoms with Crippen LogP contribution in [0, 0.1) is 6.92 Å². The molecule has 1 unspecified atom stereocenters. The van der Waals surface area contributed by atoms with E-state index < -0.39 is 31.8 Å². The molecule has 0 bridgehead atoms. The number of aliphatic hydroxyl groups excluding tert-OH is 1. The predicted octanol–water partition coefficient (Wildman–Crippen LogP) is 2.37. The Kier molecular flexibility index (Phi) is 9.35. The molecule has 11 nitrogen and oxygen atoms in total. The third-order valence-corrected chi connectivity index (χ3v) is 12.8. The van der Waals surface area contributed by atoms with Crippen molar-refractivity contribution in [1.82, 2.24) is 19.3 Å². The van der Waals surface area contributed by atoms with Crippen molar-refractivity contribution in [2.75, 3.05) is 39.9 Å². The molecule has 0 aliphatic carbocycles. The Bertz CT molecular complexity index is 1590. The van der Waals surface area contributed by atoms with Crippen molar-refractivity contribution in [2.45, 2.75) is 53.0 Å². The fourth-order valence-corrected chi connectivity index (χ4v) is 9.17. The number of piperidine rings is 1. The van der Waals surface area contributed by atoms with Gasteiger partial charge < -0.3 is 19.9 Å². The minimum absolute atomic E-state index is 0.00935. The van der Waals surface area contributed by atoms with Crippen LogP contribution in [0.5, 0.6) is 5.75 Å². The van der Waals surface area contributed by atoms with Gasteiger partial charge in [0.05, 0.1) is 22.8 Å². The number of aliphatic hydroxyl groups is 1. The van der Waals surface area contributed by atoms with Crippen LogP contribution in [0.4, 0.5) is 0 Å². The van der Waals surface area contributed by atoms with Crippen LogP contribution in [-0.2, 0) is 24.8 Å². The Morgan fingerprint density at radius 3 is 2.60 bits per heavy atom. The van der Waals surface area contributed by atoms with Crippen molar-refractivity contribution < 1.29 is 31.4 Å². The molecule has 228 valence electrons. The molecule has 5 rings (SSSR count). The van der Waals surface area contributed by atoms with Crippen molar-refractivity contribution in [3.05, 3.63) is 60.3 Å². The van der Waals surface area contributed by atoms with Gasteiger partial charge in [-0.2, -0.15) is 4.31 Å². The number of hydrogen-bond acceptors (Lipinski definition) is 10. The predicted molar refractivity (Wildman–Crippen MR) is 160 cm³/mol. The molecule has 14 heteroatoms. The lowest BCUT2D eigenvalue weighted by atomic mass is 9.88. The molecule has 42 heavy (non-hydrogen) atoms. The summed E-state index contributed by atoms with van der Waals surface area (Å²) in [5.41, 5.74) is 1.01. The van der Waals surface area contributed by atoms with Gasteiger partial charge in [-0.05, 0) is 45.4 Å².